The fourth-order valence-electron chi connectivity index (χ4n) is 2.79. The monoisotopic (exact) mass is 308 g/mol. The summed E-state index contributed by atoms with van der Waals surface area (Å²) in [6.45, 7) is 0. The van der Waals surface area contributed by atoms with Crippen molar-refractivity contribution in [2.24, 2.45) is 0 Å². The van der Waals surface area contributed by atoms with Gasteiger partial charge in [0.25, 0.3) is 0 Å². The molecule has 0 fully saturated rings. The van der Waals surface area contributed by atoms with Crippen LogP contribution >= 0.6 is 0 Å². The number of fused-ring (bicyclic) bond motifs is 1. The van der Waals surface area contributed by atoms with Gasteiger partial charge in [0.05, 0.1) is 5.56 Å². The largest absolute Gasteiger partial charge is 0.416 e. The number of hydrogen-bond donors (Lipinski definition) is 0. The molecule has 2 aromatic rings. The van der Waals surface area contributed by atoms with Crippen molar-refractivity contribution in [3.63, 3.8) is 0 Å². The molecular formula is C17H12F4O. The molecule has 0 aromatic heterocycles. The number of benzene rings is 2. The van der Waals surface area contributed by atoms with Gasteiger partial charge in [0.15, 0.2) is 5.67 Å². The van der Waals surface area contributed by atoms with Gasteiger partial charge in [-0.25, -0.2) is 4.39 Å². The minimum Gasteiger partial charge on any atom is -0.290 e. The smallest absolute Gasteiger partial charge is 0.290 e. The fraction of sp³-hybridized carbons (Fsp3) is 0.235. The average molecular weight is 308 g/mol. The second kappa shape index (κ2) is 4.93. The summed E-state index contributed by atoms with van der Waals surface area (Å²) in [6.07, 6.45) is -4.17. The number of carbonyl (C=O) groups is 1. The molecule has 0 aliphatic heterocycles. The van der Waals surface area contributed by atoms with Crippen LogP contribution in [0.4, 0.5) is 17.6 Å². The van der Waals surface area contributed by atoms with Crippen molar-refractivity contribution in [2.45, 2.75) is 24.7 Å². The van der Waals surface area contributed by atoms with Gasteiger partial charge < -0.3 is 0 Å². The molecule has 0 saturated carbocycles. The molecule has 0 heterocycles. The van der Waals surface area contributed by atoms with E-state index in [2.05, 4.69) is 0 Å². The Morgan fingerprint density at radius 3 is 2.23 bits per heavy atom. The Morgan fingerprint density at radius 1 is 0.955 bits per heavy atom. The SMILES string of the molecule is O=C1c2ccccc2CCC1(F)c1ccc(C(F)(F)F)cc1. The zero-order valence-electron chi connectivity index (χ0n) is 11.5. The molecule has 3 rings (SSSR count). The predicted octanol–water partition coefficient (Wildman–Crippen LogP) is 4.70. The van der Waals surface area contributed by atoms with E-state index >= 15 is 4.39 Å². The predicted molar refractivity (Wildman–Crippen MR) is 73.3 cm³/mol. The molecule has 1 atom stereocenters. The van der Waals surface area contributed by atoms with Gasteiger partial charge >= 0.3 is 6.18 Å². The first-order chi connectivity index (χ1) is 10.3. The van der Waals surface area contributed by atoms with Crippen molar-refractivity contribution < 1.29 is 22.4 Å². The lowest BCUT2D eigenvalue weighted by Gasteiger charge is -2.30. The van der Waals surface area contributed by atoms with Crippen LogP contribution in [0.3, 0.4) is 0 Å². The standard InChI is InChI=1S/C17H12F4O/c18-16(12-5-7-13(8-6-12)17(19,20)21)10-9-11-3-1-2-4-14(11)15(16)22/h1-8H,9-10H2. The van der Waals surface area contributed by atoms with Gasteiger partial charge in [-0.2, -0.15) is 13.2 Å². The van der Waals surface area contributed by atoms with Crippen molar-refractivity contribution >= 4 is 5.78 Å². The van der Waals surface area contributed by atoms with E-state index in [0.717, 1.165) is 29.8 Å². The Kier molecular flexibility index (Phi) is 3.31. The lowest BCUT2D eigenvalue weighted by atomic mass is 9.76. The van der Waals surface area contributed by atoms with Crippen LogP contribution in [0.2, 0.25) is 0 Å². The molecule has 0 amide bonds. The van der Waals surface area contributed by atoms with Crippen molar-refractivity contribution in [1.29, 1.82) is 0 Å². The van der Waals surface area contributed by atoms with Gasteiger partial charge in [0.2, 0.25) is 5.78 Å². The summed E-state index contributed by atoms with van der Waals surface area (Å²) in [5.74, 6) is -0.686. The third kappa shape index (κ3) is 2.30. The number of halogens is 4. The van der Waals surface area contributed by atoms with E-state index in [-0.39, 0.29) is 12.0 Å². The van der Waals surface area contributed by atoms with Gasteiger partial charge in [-0.3, -0.25) is 4.79 Å². The lowest BCUT2D eigenvalue weighted by Crippen LogP contribution is -2.36. The number of Topliss-reactive ketones (excluding diaryl/α,β-unsaturated/α-hetero) is 1. The molecule has 1 aliphatic carbocycles. The van der Waals surface area contributed by atoms with Crippen LogP contribution < -0.4 is 0 Å². The third-order valence-electron chi connectivity index (χ3n) is 4.03. The lowest BCUT2D eigenvalue weighted by molar-refractivity contribution is -0.137. The van der Waals surface area contributed by atoms with Crippen LogP contribution in [0.25, 0.3) is 0 Å². The second-order valence-electron chi connectivity index (χ2n) is 5.36. The van der Waals surface area contributed by atoms with Crippen LogP contribution in [0.1, 0.15) is 33.5 Å². The van der Waals surface area contributed by atoms with Crippen LogP contribution in [0.15, 0.2) is 48.5 Å². The van der Waals surface area contributed by atoms with Crippen LogP contribution in [-0.4, -0.2) is 5.78 Å². The molecule has 0 bridgehead atoms. The van der Waals surface area contributed by atoms with E-state index in [4.69, 9.17) is 0 Å². The Bertz CT molecular complexity index is 718. The summed E-state index contributed by atoms with van der Waals surface area (Å²) >= 11 is 0. The molecule has 1 unspecified atom stereocenters. The minimum absolute atomic E-state index is 0.0278. The highest BCUT2D eigenvalue weighted by Gasteiger charge is 2.44. The quantitative estimate of drug-likeness (QED) is 0.698. The van der Waals surface area contributed by atoms with Gasteiger partial charge in [-0.1, -0.05) is 36.4 Å². The zero-order valence-corrected chi connectivity index (χ0v) is 11.5. The van der Waals surface area contributed by atoms with Crippen LogP contribution in [0, 0.1) is 0 Å². The van der Waals surface area contributed by atoms with Gasteiger partial charge in [0.1, 0.15) is 0 Å². The Morgan fingerprint density at radius 2 is 1.59 bits per heavy atom. The number of hydrogen-bond acceptors (Lipinski definition) is 1. The first-order valence-corrected chi connectivity index (χ1v) is 6.82. The number of aryl methyl sites for hydroxylation is 1. The maximum Gasteiger partial charge on any atom is 0.416 e. The average Bonchev–Trinajstić information content (AvgIpc) is 2.51. The Hall–Kier alpha value is -2.17. The normalized spacial score (nSPS) is 21.5. The summed E-state index contributed by atoms with van der Waals surface area (Å²) < 4.78 is 52.9. The third-order valence-corrected chi connectivity index (χ3v) is 4.03. The van der Waals surface area contributed by atoms with Crippen molar-refractivity contribution in [2.75, 3.05) is 0 Å². The summed E-state index contributed by atoms with van der Waals surface area (Å²) in [7, 11) is 0. The minimum atomic E-state index is -4.48. The summed E-state index contributed by atoms with van der Waals surface area (Å²) in [6, 6.07) is 10.5. The van der Waals surface area contributed by atoms with Gasteiger partial charge in [0, 0.05) is 5.56 Å². The molecule has 0 spiro atoms. The fourth-order valence-corrected chi connectivity index (χ4v) is 2.79. The molecule has 114 valence electrons. The highest BCUT2D eigenvalue weighted by Crippen LogP contribution is 2.40. The number of alkyl halides is 4. The Labute approximate surface area is 124 Å². The second-order valence-corrected chi connectivity index (χ2v) is 5.36. The van der Waals surface area contributed by atoms with Crippen molar-refractivity contribution in [3.8, 4) is 0 Å². The summed E-state index contributed by atoms with van der Waals surface area (Å²) in [4.78, 5) is 12.4. The summed E-state index contributed by atoms with van der Waals surface area (Å²) in [5, 5.41) is 0. The number of ketones is 1. The molecule has 0 saturated heterocycles. The molecule has 2 aromatic carbocycles. The molecule has 0 radical (unpaired) electrons. The topological polar surface area (TPSA) is 17.1 Å². The van der Waals surface area contributed by atoms with E-state index < -0.39 is 23.2 Å². The summed E-state index contributed by atoms with van der Waals surface area (Å²) in [5.41, 5.74) is -2.08. The van der Waals surface area contributed by atoms with Gasteiger partial charge in [-0.05, 0) is 36.1 Å². The van der Waals surface area contributed by atoms with Crippen molar-refractivity contribution in [3.05, 3.63) is 70.8 Å². The molecule has 1 aliphatic rings. The van der Waals surface area contributed by atoms with Crippen LogP contribution in [-0.2, 0) is 18.3 Å². The first kappa shape index (κ1) is 14.8. The first-order valence-electron chi connectivity index (χ1n) is 6.82. The van der Waals surface area contributed by atoms with E-state index in [1.54, 1.807) is 24.3 Å². The zero-order chi connectivity index (χ0) is 16.0. The maximum atomic E-state index is 15.2. The highest BCUT2D eigenvalue weighted by atomic mass is 19.4. The van der Waals surface area contributed by atoms with E-state index in [0.29, 0.717) is 12.0 Å². The molecule has 5 heteroatoms. The highest BCUT2D eigenvalue weighted by molar-refractivity contribution is 6.05. The van der Waals surface area contributed by atoms with E-state index in [1.165, 1.54) is 0 Å². The molecule has 22 heavy (non-hydrogen) atoms. The van der Waals surface area contributed by atoms with Gasteiger partial charge in [-0.15, -0.1) is 0 Å². The Balaban J connectivity index is 2.00. The molecule has 0 N–H and O–H groups in total. The van der Waals surface area contributed by atoms with Crippen LogP contribution in [0.5, 0.6) is 0 Å². The van der Waals surface area contributed by atoms with E-state index in [9.17, 15) is 18.0 Å². The molecular weight excluding hydrogens is 296 g/mol. The maximum absolute atomic E-state index is 15.2. The number of rotatable bonds is 1. The van der Waals surface area contributed by atoms with E-state index in [1.807, 2.05) is 0 Å². The molecule has 1 nitrogen and oxygen atoms in total. The number of carbonyl (C=O) groups excluding carboxylic acids is 1. The van der Waals surface area contributed by atoms with Crippen molar-refractivity contribution in [1.82, 2.24) is 0 Å².